The lowest BCUT2D eigenvalue weighted by molar-refractivity contribution is -0.120. The second-order valence-electron chi connectivity index (χ2n) is 4.35. The fourth-order valence-corrected chi connectivity index (χ4v) is 3.72. The maximum absolute atomic E-state index is 12.0. The first-order chi connectivity index (χ1) is 7.21. The number of aryl methyl sites for hydroxylation is 1. The lowest BCUT2D eigenvalue weighted by atomic mass is 9.83. The van der Waals surface area contributed by atoms with Crippen LogP contribution in [0.2, 0.25) is 0 Å². The Morgan fingerprint density at radius 1 is 1.40 bits per heavy atom. The van der Waals surface area contributed by atoms with Crippen molar-refractivity contribution in [1.82, 2.24) is 0 Å². The summed E-state index contributed by atoms with van der Waals surface area (Å²) in [6.07, 6.45) is 3.23. The zero-order chi connectivity index (χ0) is 10.5. The van der Waals surface area contributed by atoms with Gasteiger partial charge >= 0.3 is 0 Å². The highest BCUT2D eigenvalue weighted by atomic mass is 32.2. The molecule has 1 fully saturated rings. The summed E-state index contributed by atoms with van der Waals surface area (Å²) >= 11 is 1.76. The van der Waals surface area contributed by atoms with Crippen LogP contribution in [0, 0.1) is 6.92 Å². The molecular formula is C12H13NOS. The lowest BCUT2D eigenvalue weighted by Crippen LogP contribution is -2.47. The number of carbonyl (C=O) groups excluding carboxylic acids is 1. The average molecular weight is 219 g/mol. The van der Waals surface area contributed by atoms with E-state index in [1.165, 1.54) is 11.3 Å². The van der Waals surface area contributed by atoms with Gasteiger partial charge in [0.1, 0.15) is 0 Å². The number of benzene rings is 1. The van der Waals surface area contributed by atoms with Crippen molar-refractivity contribution in [3.63, 3.8) is 0 Å². The molecule has 2 aliphatic rings. The predicted molar refractivity (Wildman–Crippen MR) is 62.2 cm³/mol. The molecule has 1 aliphatic carbocycles. The van der Waals surface area contributed by atoms with E-state index in [1.54, 1.807) is 11.8 Å². The molecule has 2 nitrogen and oxygen atoms in total. The summed E-state index contributed by atoms with van der Waals surface area (Å²) in [4.78, 5) is 13.2. The number of nitrogens with one attached hydrogen (secondary N) is 1. The summed E-state index contributed by atoms with van der Waals surface area (Å²) in [5, 5.41) is 3.06. The van der Waals surface area contributed by atoms with Crippen molar-refractivity contribution in [1.29, 1.82) is 0 Å². The van der Waals surface area contributed by atoms with Crippen LogP contribution in [-0.4, -0.2) is 10.7 Å². The summed E-state index contributed by atoms with van der Waals surface area (Å²) < 4.78 is -0.138. The molecule has 78 valence electrons. The molecule has 1 N–H and O–H groups in total. The van der Waals surface area contributed by atoms with E-state index in [0.717, 1.165) is 24.1 Å². The van der Waals surface area contributed by atoms with E-state index >= 15 is 0 Å². The molecule has 0 bridgehead atoms. The van der Waals surface area contributed by atoms with Gasteiger partial charge in [-0.3, -0.25) is 4.79 Å². The minimum atomic E-state index is -0.138. The number of carbonyl (C=O) groups is 1. The quantitative estimate of drug-likeness (QED) is 0.727. The molecule has 1 aromatic carbocycles. The molecule has 15 heavy (non-hydrogen) atoms. The van der Waals surface area contributed by atoms with Gasteiger partial charge in [-0.05, 0) is 37.8 Å². The fraction of sp³-hybridized carbons (Fsp3) is 0.417. The molecule has 1 aliphatic heterocycles. The summed E-state index contributed by atoms with van der Waals surface area (Å²) in [7, 11) is 0. The van der Waals surface area contributed by atoms with E-state index in [0.29, 0.717) is 0 Å². The number of rotatable bonds is 0. The SMILES string of the molecule is Cc1cccc2c1NC(=O)C1(CCC1)S2. The third-order valence-corrected chi connectivity index (χ3v) is 4.90. The Morgan fingerprint density at radius 2 is 2.20 bits per heavy atom. The smallest absolute Gasteiger partial charge is 0.241 e. The molecule has 1 saturated carbocycles. The van der Waals surface area contributed by atoms with Gasteiger partial charge in [0.2, 0.25) is 5.91 Å². The van der Waals surface area contributed by atoms with Crippen molar-refractivity contribution in [3.05, 3.63) is 23.8 Å². The zero-order valence-corrected chi connectivity index (χ0v) is 9.49. The van der Waals surface area contributed by atoms with Crippen LogP contribution in [-0.2, 0) is 4.79 Å². The van der Waals surface area contributed by atoms with Crippen molar-refractivity contribution in [2.45, 2.75) is 35.8 Å². The van der Waals surface area contributed by atoms with Crippen molar-refractivity contribution in [2.75, 3.05) is 5.32 Å². The Morgan fingerprint density at radius 3 is 2.87 bits per heavy atom. The maximum atomic E-state index is 12.0. The Balaban J connectivity index is 2.06. The molecule has 3 heteroatoms. The normalized spacial score (nSPS) is 21.8. The molecule has 0 atom stereocenters. The van der Waals surface area contributed by atoms with E-state index in [1.807, 2.05) is 13.0 Å². The van der Waals surface area contributed by atoms with E-state index in [-0.39, 0.29) is 10.7 Å². The number of anilines is 1. The van der Waals surface area contributed by atoms with Gasteiger partial charge in [0.25, 0.3) is 0 Å². The van der Waals surface area contributed by atoms with Gasteiger partial charge in [-0.25, -0.2) is 0 Å². The van der Waals surface area contributed by atoms with Gasteiger partial charge in [0, 0.05) is 4.90 Å². The highest BCUT2D eigenvalue weighted by molar-refractivity contribution is 8.01. The zero-order valence-electron chi connectivity index (χ0n) is 8.67. The van der Waals surface area contributed by atoms with E-state index < -0.39 is 0 Å². The van der Waals surface area contributed by atoms with Crippen LogP contribution in [0.25, 0.3) is 0 Å². The molecule has 0 unspecified atom stereocenters. The van der Waals surface area contributed by atoms with Crippen molar-refractivity contribution in [2.24, 2.45) is 0 Å². The molecule has 1 amide bonds. The number of para-hydroxylation sites is 1. The largest absolute Gasteiger partial charge is 0.324 e. The van der Waals surface area contributed by atoms with Crippen LogP contribution < -0.4 is 5.32 Å². The maximum Gasteiger partial charge on any atom is 0.241 e. The second kappa shape index (κ2) is 3.01. The molecule has 0 radical (unpaired) electrons. The minimum absolute atomic E-state index is 0.138. The van der Waals surface area contributed by atoms with Crippen LogP contribution >= 0.6 is 11.8 Å². The van der Waals surface area contributed by atoms with Crippen LogP contribution in [0.4, 0.5) is 5.69 Å². The third-order valence-electron chi connectivity index (χ3n) is 3.35. The molecule has 3 rings (SSSR count). The van der Waals surface area contributed by atoms with Crippen molar-refractivity contribution < 1.29 is 4.79 Å². The summed E-state index contributed by atoms with van der Waals surface area (Å²) in [6.45, 7) is 2.04. The first-order valence-corrected chi connectivity index (χ1v) is 6.13. The van der Waals surface area contributed by atoms with E-state index in [9.17, 15) is 4.79 Å². The molecule has 0 aromatic heterocycles. The number of hydrogen-bond acceptors (Lipinski definition) is 2. The molecular weight excluding hydrogens is 206 g/mol. The highest BCUT2D eigenvalue weighted by Crippen LogP contribution is 2.53. The highest BCUT2D eigenvalue weighted by Gasteiger charge is 2.48. The van der Waals surface area contributed by atoms with Crippen molar-refractivity contribution >= 4 is 23.4 Å². The Bertz CT molecular complexity index is 437. The minimum Gasteiger partial charge on any atom is -0.324 e. The second-order valence-corrected chi connectivity index (χ2v) is 5.78. The van der Waals surface area contributed by atoms with Crippen LogP contribution in [0.15, 0.2) is 23.1 Å². The standard InChI is InChI=1S/C12H13NOS/c1-8-4-2-5-9-10(8)13-11(14)12(15-9)6-3-7-12/h2,4-5H,3,6-7H2,1H3,(H,13,14). The topological polar surface area (TPSA) is 29.1 Å². The summed E-state index contributed by atoms with van der Waals surface area (Å²) in [6, 6.07) is 6.20. The fourth-order valence-electron chi connectivity index (χ4n) is 2.20. The Hall–Kier alpha value is -0.960. The number of thioether (sulfide) groups is 1. The van der Waals surface area contributed by atoms with Gasteiger partial charge in [-0.2, -0.15) is 0 Å². The Labute approximate surface area is 93.4 Å². The lowest BCUT2D eigenvalue weighted by Gasteiger charge is -2.43. The first kappa shape index (κ1) is 9.28. The van der Waals surface area contributed by atoms with Gasteiger partial charge in [-0.1, -0.05) is 12.1 Å². The first-order valence-electron chi connectivity index (χ1n) is 5.31. The number of fused-ring (bicyclic) bond motifs is 1. The van der Waals surface area contributed by atoms with Gasteiger partial charge in [0.05, 0.1) is 10.4 Å². The van der Waals surface area contributed by atoms with Crippen molar-refractivity contribution in [3.8, 4) is 0 Å². The Kier molecular flexibility index (Phi) is 1.87. The molecule has 1 spiro atoms. The van der Waals surface area contributed by atoms with Gasteiger partial charge < -0.3 is 5.32 Å². The summed E-state index contributed by atoms with van der Waals surface area (Å²) in [5.41, 5.74) is 2.17. The van der Waals surface area contributed by atoms with Crippen LogP contribution in [0.1, 0.15) is 24.8 Å². The van der Waals surface area contributed by atoms with E-state index in [4.69, 9.17) is 0 Å². The third kappa shape index (κ3) is 1.22. The van der Waals surface area contributed by atoms with E-state index in [2.05, 4.69) is 17.4 Å². The predicted octanol–water partition coefficient (Wildman–Crippen LogP) is 2.96. The molecule has 0 saturated heterocycles. The number of amides is 1. The summed E-state index contributed by atoms with van der Waals surface area (Å²) in [5.74, 6) is 0.209. The molecule has 1 aromatic rings. The van der Waals surface area contributed by atoms with Crippen LogP contribution in [0.5, 0.6) is 0 Å². The average Bonchev–Trinajstić information content (AvgIpc) is 2.16. The van der Waals surface area contributed by atoms with Crippen LogP contribution in [0.3, 0.4) is 0 Å². The monoisotopic (exact) mass is 219 g/mol. The van der Waals surface area contributed by atoms with Gasteiger partial charge in [-0.15, -0.1) is 11.8 Å². The van der Waals surface area contributed by atoms with Gasteiger partial charge in [0.15, 0.2) is 0 Å². The molecule has 1 heterocycles. The number of hydrogen-bond donors (Lipinski definition) is 1.